The van der Waals surface area contributed by atoms with Gasteiger partial charge in [-0.15, -0.1) is 0 Å². The fourth-order valence-electron chi connectivity index (χ4n) is 3.13. The number of carbonyl (C=O) groups excluding carboxylic acids is 1. The van der Waals surface area contributed by atoms with Crippen molar-refractivity contribution in [1.29, 1.82) is 0 Å². The molecule has 134 valence electrons. The zero-order chi connectivity index (χ0) is 18.1. The largest absolute Gasteiger partial charge is 0.508 e. The van der Waals surface area contributed by atoms with Gasteiger partial charge in [0.2, 0.25) is 0 Å². The lowest BCUT2D eigenvalue weighted by atomic mass is 10.0. The minimum atomic E-state index is -0.775. The van der Waals surface area contributed by atoms with E-state index >= 15 is 0 Å². The van der Waals surface area contributed by atoms with E-state index in [2.05, 4.69) is 21.5 Å². The van der Waals surface area contributed by atoms with Gasteiger partial charge in [0.05, 0.1) is 25.1 Å². The van der Waals surface area contributed by atoms with Crippen LogP contribution in [0.25, 0.3) is 11.2 Å². The molecule has 0 spiro atoms. The number of H-pyrrole nitrogens is 1. The molecule has 0 aliphatic heterocycles. The van der Waals surface area contributed by atoms with Gasteiger partial charge in [0.15, 0.2) is 11.2 Å². The Kier molecular flexibility index (Phi) is 4.58. The number of hydrogen-bond donors (Lipinski definition) is 2. The van der Waals surface area contributed by atoms with Gasteiger partial charge in [-0.25, -0.2) is 14.8 Å². The Hall–Kier alpha value is -2.68. The Morgan fingerprint density at radius 2 is 2.28 bits per heavy atom. The molecule has 2 aromatic rings. The molecule has 25 heavy (non-hydrogen) atoms. The molecule has 0 saturated heterocycles. The van der Waals surface area contributed by atoms with Crippen molar-refractivity contribution in [2.45, 2.75) is 32.4 Å². The SMILES string of the molecule is C=C1[C@H](COC(=O)OCC)[C@@H](O)C[C@@H]1n1cnc2c(=O)[nH]c(C)nc21. The maximum atomic E-state index is 12.0. The van der Waals surface area contributed by atoms with E-state index in [0.29, 0.717) is 23.5 Å². The lowest BCUT2D eigenvalue weighted by Gasteiger charge is -2.17. The number of aryl methyl sites for hydroxylation is 1. The smallest absolute Gasteiger partial charge is 0.435 e. The van der Waals surface area contributed by atoms with Gasteiger partial charge < -0.3 is 24.1 Å². The van der Waals surface area contributed by atoms with Crippen molar-refractivity contribution in [2.24, 2.45) is 5.92 Å². The number of aromatic nitrogens is 4. The van der Waals surface area contributed by atoms with E-state index in [1.54, 1.807) is 18.4 Å². The zero-order valence-electron chi connectivity index (χ0n) is 14.1. The number of nitrogens with one attached hydrogen (secondary N) is 1. The van der Waals surface area contributed by atoms with E-state index in [-0.39, 0.29) is 30.3 Å². The molecule has 0 unspecified atom stereocenters. The van der Waals surface area contributed by atoms with E-state index in [9.17, 15) is 14.7 Å². The van der Waals surface area contributed by atoms with Crippen LogP contribution < -0.4 is 5.56 Å². The summed E-state index contributed by atoms with van der Waals surface area (Å²) in [7, 11) is 0. The van der Waals surface area contributed by atoms with E-state index in [4.69, 9.17) is 9.47 Å². The van der Waals surface area contributed by atoms with E-state index < -0.39 is 18.2 Å². The van der Waals surface area contributed by atoms with Gasteiger partial charge in [-0.3, -0.25) is 4.79 Å². The van der Waals surface area contributed by atoms with E-state index in [0.717, 1.165) is 0 Å². The van der Waals surface area contributed by atoms with Crippen LogP contribution in [0.1, 0.15) is 25.2 Å². The average molecular weight is 348 g/mol. The number of ether oxygens (including phenoxy) is 2. The van der Waals surface area contributed by atoms with Gasteiger partial charge >= 0.3 is 6.16 Å². The Balaban J connectivity index is 1.84. The topological polar surface area (TPSA) is 119 Å². The first kappa shape index (κ1) is 17.2. The van der Waals surface area contributed by atoms with Crippen molar-refractivity contribution in [2.75, 3.05) is 13.2 Å². The van der Waals surface area contributed by atoms with Gasteiger partial charge in [0.25, 0.3) is 5.56 Å². The quantitative estimate of drug-likeness (QED) is 0.626. The summed E-state index contributed by atoms with van der Waals surface area (Å²) in [4.78, 5) is 34.4. The Labute approximate surface area is 143 Å². The van der Waals surface area contributed by atoms with Crippen LogP contribution in [-0.4, -0.2) is 50.1 Å². The zero-order valence-corrected chi connectivity index (χ0v) is 14.1. The van der Waals surface area contributed by atoms with Crippen LogP contribution in [0, 0.1) is 12.8 Å². The third kappa shape index (κ3) is 3.14. The summed E-state index contributed by atoms with van der Waals surface area (Å²) in [6.45, 7) is 7.61. The number of aromatic amines is 1. The van der Waals surface area contributed by atoms with Gasteiger partial charge in [-0.2, -0.15) is 0 Å². The maximum absolute atomic E-state index is 12.0. The van der Waals surface area contributed by atoms with E-state index in [1.807, 2.05) is 0 Å². The summed E-state index contributed by atoms with van der Waals surface area (Å²) < 4.78 is 11.5. The van der Waals surface area contributed by atoms with Crippen LogP contribution in [-0.2, 0) is 9.47 Å². The average Bonchev–Trinajstić information content (AvgIpc) is 3.07. The molecule has 2 heterocycles. The van der Waals surface area contributed by atoms with Crippen LogP contribution in [0.3, 0.4) is 0 Å². The fraction of sp³-hybridized carbons (Fsp3) is 0.500. The molecule has 2 N–H and O–H groups in total. The normalized spacial score (nSPS) is 23.2. The summed E-state index contributed by atoms with van der Waals surface area (Å²) in [6, 6.07) is -0.288. The highest BCUT2D eigenvalue weighted by atomic mass is 16.7. The van der Waals surface area contributed by atoms with Gasteiger partial charge in [0.1, 0.15) is 12.4 Å². The predicted octanol–water partition coefficient (Wildman–Crippen LogP) is 1.08. The highest BCUT2D eigenvalue weighted by molar-refractivity contribution is 5.69. The highest BCUT2D eigenvalue weighted by Crippen LogP contribution is 2.40. The molecule has 0 bridgehead atoms. The number of rotatable bonds is 4. The van der Waals surface area contributed by atoms with Crippen LogP contribution in [0.15, 0.2) is 23.3 Å². The molecule has 1 aliphatic rings. The molecule has 1 saturated carbocycles. The summed E-state index contributed by atoms with van der Waals surface area (Å²) in [5.74, 6) is 0.0561. The van der Waals surface area contributed by atoms with Crippen molar-refractivity contribution < 1.29 is 19.4 Å². The fourth-order valence-corrected chi connectivity index (χ4v) is 3.13. The third-order valence-corrected chi connectivity index (χ3v) is 4.36. The molecule has 9 nitrogen and oxygen atoms in total. The minimum absolute atomic E-state index is 0.0188. The lowest BCUT2D eigenvalue weighted by molar-refractivity contribution is 0.0333. The second-order valence-corrected chi connectivity index (χ2v) is 5.97. The molecular formula is C16H20N4O5. The molecule has 0 amide bonds. The number of aliphatic hydroxyl groups is 1. The van der Waals surface area contributed by atoms with Gasteiger partial charge in [-0.1, -0.05) is 6.58 Å². The number of nitrogens with zero attached hydrogens (tertiary/aromatic N) is 3. The van der Waals surface area contributed by atoms with Gasteiger partial charge in [0, 0.05) is 5.92 Å². The van der Waals surface area contributed by atoms with Crippen LogP contribution in [0.2, 0.25) is 0 Å². The van der Waals surface area contributed by atoms with Crippen molar-refractivity contribution in [3.63, 3.8) is 0 Å². The second kappa shape index (κ2) is 6.67. The minimum Gasteiger partial charge on any atom is -0.435 e. The highest BCUT2D eigenvalue weighted by Gasteiger charge is 2.39. The first-order valence-electron chi connectivity index (χ1n) is 8.02. The summed E-state index contributed by atoms with van der Waals surface area (Å²) in [5.41, 5.74) is 1.05. The van der Waals surface area contributed by atoms with Crippen molar-refractivity contribution in [3.05, 3.63) is 34.7 Å². The molecule has 9 heteroatoms. The summed E-state index contributed by atoms with van der Waals surface area (Å²) in [6.07, 6.45) is 0.383. The molecule has 1 fully saturated rings. The van der Waals surface area contributed by atoms with E-state index in [1.165, 1.54) is 6.33 Å². The van der Waals surface area contributed by atoms with Crippen molar-refractivity contribution >= 4 is 17.3 Å². The number of hydrogen-bond acceptors (Lipinski definition) is 7. The van der Waals surface area contributed by atoms with Crippen molar-refractivity contribution in [3.8, 4) is 0 Å². The predicted molar refractivity (Wildman–Crippen MR) is 88.2 cm³/mol. The number of fused-ring (bicyclic) bond motifs is 1. The Morgan fingerprint density at radius 3 is 3.00 bits per heavy atom. The van der Waals surface area contributed by atoms with Crippen molar-refractivity contribution in [1.82, 2.24) is 19.5 Å². The second-order valence-electron chi connectivity index (χ2n) is 5.97. The third-order valence-electron chi connectivity index (χ3n) is 4.36. The maximum Gasteiger partial charge on any atom is 0.508 e. The lowest BCUT2D eigenvalue weighted by Crippen LogP contribution is -2.22. The standard InChI is InChI=1S/C16H20N4O5/c1-4-24-16(23)25-6-10-8(2)11(5-12(10)21)20-7-17-13-14(20)18-9(3)19-15(13)22/h7,10-12,21H,2,4-6H2,1,3H3,(H,18,19,22)/t10-,11-,12-/m0/s1. The molecule has 1 aliphatic carbocycles. The summed E-state index contributed by atoms with van der Waals surface area (Å²) in [5, 5.41) is 10.3. The molecule has 3 rings (SSSR count). The molecule has 0 aromatic carbocycles. The number of aliphatic hydroxyl groups excluding tert-OH is 1. The summed E-state index contributed by atoms with van der Waals surface area (Å²) >= 11 is 0. The molecular weight excluding hydrogens is 328 g/mol. The first-order valence-corrected chi connectivity index (χ1v) is 8.02. The molecule has 2 aromatic heterocycles. The molecule has 0 radical (unpaired) electrons. The van der Waals surface area contributed by atoms with Crippen LogP contribution >= 0.6 is 0 Å². The van der Waals surface area contributed by atoms with Crippen LogP contribution in [0.5, 0.6) is 0 Å². The molecule has 3 atom stereocenters. The first-order chi connectivity index (χ1) is 11.9. The van der Waals surface area contributed by atoms with Crippen LogP contribution in [0.4, 0.5) is 4.79 Å². The Morgan fingerprint density at radius 1 is 1.52 bits per heavy atom. The number of imidazole rings is 1. The monoisotopic (exact) mass is 348 g/mol. The Bertz CT molecular complexity index is 871. The number of carbonyl (C=O) groups is 1. The van der Waals surface area contributed by atoms with Gasteiger partial charge in [-0.05, 0) is 25.8 Å².